The van der Waals surface area contributed by atoms with Gasteiger partial charge in [0.05, 0.1) is 5.39 Å². The van der Waals surface area contributed by atoms with E-state index in [1.54, 1.807) is 18.3 Å². The Kier molecular flexibility index (Phi) is 4.59. The molecule has 0 aliphatic heterocycles. The van der Waals surface area contributed by atoms with Crippen molar-refractivity contribution in [2.75, 3.05) is 5.43 Å². The highest BCUT2D eigenvalue weighted by atomic mass is 32.1. The molecule has 2 heterocycles. The van der Waals surface area contributed by atoms with Crippen molar-refractivity contribution in [3.8, 4) is 0 Å². The summed E-state index contributed by atoms with van der Waals surface area (Å²) in [5.41, 5.74) is 4.84. The second-order valence-corrected chi connectivity index (χ2v) is 7.79. The Morgan fingerprint density at radius 2 is 2.00 bits per heavy atom. The van der Waals surface area contributed by atoms with Crippen molar-refractivity contribution >= 4 is 27.5 Å². The first-order valence-corrected chi connectivity index (χ1v) is 9.83. The minimum atomic E-state index is -0.177. The van der Waals surface area contributed by atoms with Gasteiger partial charge in [-0.3, -0.25) is 15.0 Å². The number of fused-ring (bicyclic) bond motifs is 3. The Bertz CT molecular complexity index is 1020. The van der Waals surface area contributed by atoms with Gasteiger partial charge in [-0.25, -0.2) is 9.66 Å². The number of rotatable bonds is 4. The van der Waals surface area contributed by atoms with Crippen molar-refractivity contribution in [1.82, 2.24) is 9.66 Å². The van der Waals surface area contributed by atoms with Crippen molar-refractivity contribution in [2.24, 2.45) is 0 Å². The van der Waals surface area contributed by atoms with E-state index >= 15 is 0 Å². The lowest BCUT2D eigenvalue weighted by molar-refractivity contribution is -0.117. The summed E-state index contributed by atoms with van der Waals surface area (Å²) >= 11 is 1.63. The number of nitrogens with one attached hydrogen (secondary N) is 1. The van der Waals surface area contributed by atoms with Gasteiger partial charge in [-0.15, -0.1) is 11.3 Å². The molecule has 0 fully saturated rings. The lowest BCUT2D eigenvalue weighted by Crippen LogP contribution is -2.35. The highest BCUT2D eigenvalue weighted by Crippen LogP contribution is 2.33. The Balaban J connectivity index is 1.60. The Morgan fingerprint density at radius 3 is 2.81 bits per heavy atom. The molecular weight excluding hydrogens is 346 g/mol. The minimum absolute atomic E-state index is 0.153. The number of carbonyl (C=O) groups excluding carboxylic acids is 1. The van der Waals surface area contributed by atoms with Gasteiger partial charge in [0.2, 0.25) is 5.91 Å². The zero-order valence-electron chi connectivity index (χ0n) is 14.7. The van der Waals surface area contributed by atoms with Crippen molar-refractivity contribution < 1.29 is 4.79 Å². The molecule has 1 aromatic carbocycles. The number of nitrogens with zero attached hydrogens (tertiary/aromatic N) is 2. The fraction of sp³-hybridized carbons (Fsp3) is 0.350. The average Bonchev–Trinajstić information content (AvgIpc) is 3.02. The highest BCUT2D eigenvalue weighted by Gasteiger charge is 2.21. The molecule has 5 nitrogen and oxygen atoms in total. The summed E-state index contributed by atoms with van der Waals surface area (Å²) in [7, 11) is 0. The maximum atomic E-state index is 13.0. The van der Waals surface area contributed by atoms with Gasteiger partial charge < -0.3 is 0 Å². The quantitative estimate of drug-likeness (QED) is 0.769. The van der Waals surface area contributed by atoms with E-state index in [0.717, 1.165) is 35.2 Å². The standard InChI is InChI=1S/C20H21N3O2S/c1-13-21-19-18(15-9-5-6-10-16(15)26-19)20(25)23(13)22-17(24)12-11-14-7-3-2-4-8-14/h2-4,7-8H,5-6,9-12H2,1H3,(H,22,24). The molecule has 0 spiro atoms. The zero-order chi connectivity index (χ0) is 18.1. The molecule has 0 bridgehead atoms. The third-order valence-electron chi connectivity index (χ3n) is 4.88. The molecule has 0 unspecified atom stereocenters. The van der Waals surface area contributed by atoms with Crippen molar-refractivity contribution in [2.45, 2.75) is 45.4 Å². The molecule has 134 valence electrons. The molecule has 26 heavy (non-hydrogen) atoms. The second-order valence-electron chi connectivity index (χ2n) is 6.71. The molecular formula is C20H21N3O2S. The predicted molar refractivity (Wildman–Crippen MR) is 104 cm³/mol. The predicted octanol–water partition coefficient (Wildman–Crippen LogP) is 3.35. The van der Waals surface area contributed by atoms with Crippen LogP contribution in [-0.2, 0) is 24.1 Å². The smallest absolute Gasteiger partial charge is 0.273 e. The van der Waals surface area contributed by atoms with Crippen LogP contribution in [0.2, 0.25) is 0 Å². The van der Waals surface area contributed by atoms with Gasteiger partial charge in [0.1, 0.15) is 10.7 Å². The normalized spacial score (nSPS) is 13.6. The first-order valence-electron chi connectivity index (χ1n) is 9.01. The molecule has 1 aliphatic rings. The van der Waals surface area contributed by atoms with Gasteiger partial charge in [0.15, 0.2) is 0 Å². The van der Waals surface area contributed by atoms with Gasteiger partial charge in [-0.05, 0) is 50.2 Å². The summed E-state index contributed by atoms with van der Waals surface area (Å²) in [6.45, 7) is 1.76. The number of amides is 1. The summed E-state index contributed by atoms with van der Waals surface area (Å²) in [5, 5.41) is 0.693. The van der Waals surface area contributed by atoms with Crippen LogP contribution in [0.4, 0.5) is 0 Å². The monoisotopic (exact) mass is 367 g/mol. The average molecular weight is 367 g/mol. The zero-order valence-corrected chi connectivity index (χ0v) is 15.6. The number of thiophene rings is 1. The molecule has 2 aromatic heterocycles. The van der Waals surface area contributed by atoms with E-state index in [4.69, 9.17) is 0 Å². The number of aryl methyl sites for hydroxylation is 4. The summed E-state index contributed by atoms with van der Waals surface area (Å²) in [5.74, 6) is 0.346. The maximum Gasteiger partial charge on any atom is 0.281 e. The fourth-order valence-corrected chi connectivity index (χ4v) is 4.82. The van der Waals surface area contributed by atoms with E-state index in [9.17, 15) is 9.59 Å². The van der Waals surface area contributed by atoms with Crippen LogP contribution in [0.15, 0.2) is 35.1 Å². The van der Waals surface area contributed by atoms with E-state index < -0.39 is 0 Å². The van der Waals surface area contributed by atoms with E-state index in [1.165, 1.54) is 16.0 Å². The Hall–Kier alpha value is -2.47. The molecule has 0 saturated heterocycles. The maximum absolute atomic E-state index is 13.0. The largest absolute Gasteiger partial charge is 0.281 e. The van der Waals surface area contributed by atoms with Crippen LogP contribution < -0.4 is 11.0 Å². The third-order valence-corrected chi connectivity index (χ3v) is 6.06. The fourth-order valence-electron chi connectivity index (χ4n) is 3.52. The summed E-state index contributed by atoms with van der Waals surface area (Å²) in [4.78, 5) is 32.0. The minimum Gasteiger partial charge on any atom is -0.273 e. The molecule has 3 aromatic rings. The topological polar surface area (TPSA) is 64.0 Å². The van der Waals surface area contributed by atoms with E-state index in [1.807, 2.05) is 30.3 Å². The van der Waals surface area contributed by atoms with Crippen LogP contribution >= 0.6 is 11.3 Å². The number of carbonyl (C=O) groups is 1. The SMILES string of the molecule is Cc1nc2sc3c(c2c(=O)n1NC(=O)CCc1ccccc1)CCCC3. The van der Waals surface area contributed by atoms with Crippen LogP contribution in [0.25, 0.3) is 10.2 Å². The summed E-state index contributed by atoms with van der Waals surface area (Å²) in [6, 6.07) is 9.86. The lowest BCUT2D eigenvalue weighted by Gasteiger charge is -2.13. The van der Waals surface area contributed by atoms with Gasteiger partial charge >= 0.3 is 0 Å². The van der Waals surface area contributed by atoms with Crippen LogP contribution in [0.1, 0.15) is 41.1 Å². The molecule has 0 atom stereocenters. The third kappa shape index (κ3) is 3.17. The molecule has 1 N–H and O–H groups in total. The van der Waals surface area contributed by atoms with Gasteiger partial charge in [0.25, 0.3) is 5.56 Å². The number of benzene rings is 1. The van der Waals surface area contributed by atoms with Crippen molar-refractivity contribution in [3.63, 3.8) is 0 Å². The molecule has 1 amide bonds. The molecule has 0 saturated carbocycles. The van der Waals surface area contributed by atoms with Gasteiger partial charge in [-0.1, -0.05) is 30.3 Å². The van der Waals surface area contributed by atoms with E-state index in [0.29, 0.717) is 24.1 Å². The van der Waals surface area contributed by atoms with Gasteiger partial charge in [-0.2, -0.15) is 0 Å². The molecule has 4 rings (SSSR count). The Morgan fingerprint density at radius 1 is 1.23 bits per heavy atom. The van der Waals surface area contributed by atoms with Crippen LogP contribution in [-0.4, -0.2) is 15.6 Å². The molecule has 6 heteroatoms. The number of hydrogen-bond acceptors (Lipinski definition) is 4. The van der Waals surface area contributed by atoms with E-state index in [-0.39, 0.29) is 11.5 Å². The van der Waals surface area contributed by atoms with E-state index in [2.05, 4.69) is 10.4 Å². The van der Waals surface area contributed by atoms with Crippen LogP contribution in [0.3, 0.4) is 0 Å². The van der Waals surface area contributed by atoms with Crippen LogP contribution in [0, 0.1) is 6.92 Å². The highest BCUT2D eigenvalue weighted by molar-refractivity contribution is 7.18. The van der Waals surface area contributed by atoms with Crippen molar-refractivity contribution in [3.05, 3.63) is 62.5 Å². The first-order chi connectivity index (χ1) is 12.6. The second kappa shape index (κ2) is 7.03. The number of aromatic nitrogens is 2. The molecule has 1 aliphatic carbocycles. The lowest BCUT2D eigenvalue weighted by atomic mass is 9.97. The van der Waals surface area contributed by atoms with Crippen LogP contribution in [0.5, 0.6) is 0 Å². The summed E-state index contributed by atoms with van der Waals surface area (Å²) < 4.78 is 1.32. The summed E-state index contributed by atoms with van der Waals surface area (Å²) in [6.07, 6.45) is 5.20. The first kappa shape index (κ1) is 17.0. The van der Waals surface area contributed by atoms with Gasteiger partial charge in [0, 0.05) is 11.3 Å². The Labute approximate surface area is 155 Å². The van der Waals surface area contributed by atoms with Crippen molar-refractivity contribution in [1.29, 1.82) is 0 Å². The number of hydrogen-bond donors (Lipinski definition) is 1. The molecule has 0 radical (unpaired) electrons.